The molecule has 0 bridgehead atoms. The van der Waals surface area contributed by atoms with Gasteiger partial charge >= 0.3 is 0 Å². The third kappa shape index (κ3) is 0.842. The number of rotatable bonds is 2. The van der Waals surface area contributed by atoms with Gasteiger partial charge in [-0.3, -0.25) is 0 Å². The molecule has 1 aliphatic rings. The van der Waals surface area contributed by atoms with Crippen LogP contribution in [0.15, 0.2) is 12.3 Å². The zero-order valence-corrected chi connectivity index (χ0v) is 4.93. The van der Waals surface area contributed by atoms with Crippen molar-refractivity contribution in [3.63, 3.8) is 0 Å². The fourth-order valence-corrected chi connectivity index (χ4v) is 0.732. The minimum absolute atomic E-state index is 0.111. The lowest BCUT2D eigenvalue weighted by molar-refractivity contribution is 0.194. The highest BCUT2D eigenvalue weighted by Crippen LogP contribution is 2.11. The molecule has 0 unspecified atom stereocenters. The Labute approximate surface area is 49.4 Å². The van der Waals surface area contributed by atoms with Crippen LogP contribution in [0.2, 0.25) is 0 Å². The summed E-state index contributed by atoms with van der Waals surface area (Å²) in [4.78, 5) is 2.08. The van der Waals surface area contributed by atoms with Crippen molar-refractivity contribution in [1.82, 2.24) is 4.90 Å². The van der Waals surface area contributed by atoms with Crippen LogP contribution in [0.3, 0.4) is 0 Å². The molecule has 0 aliphatic carbocycles. The SMILES string of the molecule is C=C(CO)N1CCC1. The fourth-order valence-electron chi connectivity index (χ4n) is 0.732. The van der Waals surface area contributed by atoms with Crippen LogP contribution in [0.25, 0.3) is 0 Å². The Kier molecular flexibility index (Phi) is 1.53. The van der Waals surface area contributed by atoms with E-state index < -0.39 is 0 Å². The van der Waals surface area contributed by atoms with Crippen molar-refractivity contribution in [2.45, 2.75) is 6.42 Å². The van der Waals surface area contributed by atoms with Gasteiger partial charge < -0.3 is 10.0 Å². The van der Waals surface area contributed by atoms with Crippen molar-refractivity contribution in [2.24, 2.45) is 0 Å². The van der Waals surface area contributed by atoms with Gasteiger partial charge in [0.25, 0.3) is 0 Å². The van der Waals surface area contributed by atoms with Crippen LogP contribution in [0.5, 0.6) is 0 Å². The summed E-state index contributed by atoms with van der Waals surface area (Å²) in [5.41, 5.74) is 0.858. The molecule has 0 spiro atoms. The van der Waals surface area contributed by atoms with Crippen LogP contribution < -0.4 is 0 Å². The van der Waals surface area contributed by atoms with Crippen molar-refractivity contribution in [1.29, 1.82) is 0 Å². The number of nitrogens with zero attached hydrogens (tertiary/aromatic N) is 1. The van der Waals surface area contributed by atoms with E-state index in [9.17, 15) is 0 Å². The minimum atomic E-state index is 0.111. The first kappa shape index (κ1) is 5.63. The first-order valence-electron chi connectivity index (χ1n) is 2.88. The highest BCUT2D eigenvalue weighted by Gasteiger charge is 2.13. The molecule has 0 aromatic rings. The molecule has 0 radical (unpaired) electrons. The van der Waals surface area contributed by atoms with E-state index in [1.807, 2.05) is 0 Å². The van der Waals surface area contributed by atoms with E-state index in [2.05, 4.69) is 11.5 Å². The van der Waals surface area contributed by atoms with Gasteiger partial charge in [-0.05, 0) is 6.42 Å². The maximum Gasteiger partial charge on any atom is 0.0823 e. The van der Waals surface area contributed by atoms with Crippen LogP contribution in [-0.4, -0.2) is 29.7 Å². The molecule has 0 amide bonds. The van der Waals surface area contributed by atoms with E-state index in [0.717, 1.165) is 18.8 Å². The van der Waals surface area contributed by atoms with Crippen LogP contribution in [0.1, 0.15) is 6.42 Å². The second-order valence-electron chi connectivity index (χ2n) is 2.06. The molecule has 0 atom stereocenters. The Balaban J connectivity index is 2.24. The van der Waals surface area contributed by atoms with Gasteiger partial charge in [0.2, 0.25) is 0 Å². The van der Waals surface area contributed by atoms with Gasteiger partial charge in [-0.15, -0.1) is 0 Å². The monoisotopic (exact) mass is 113 g/mol. The first-order chi connectivity index (χ1) is 3.84. The van der Waals surface area contributed by atoms with E-state index >= 15 is 0 Å². The summed E-state index contributed by atoms with van der Waals surface area (Å²) < 4.78 is 0. The van der Waals surface area contributed by atoms with Gasteiger partial charge in [-0.1, -0.05) is 6.58 Å². The zero-order chi connectivity index (χ0) is 5.98. The summed E-state index contributed by atoms with van der Waals surface area (Å²) >= 11 is 0. The van der Waals surface area contributed by atoms with Gasteiger partial charge in [0.15, 0.2) is 0 Å². The number of likely N-dealkylation sites (tertiary alicyclic amines) is 1. The van der Waals surface area contributed by atoms with Crippen molar-refractivity contribution >= 4 is 0 Å². The van der Waals surface area contributed by atoms with Crippen LogP contribution in [-0.2, 0) is 0 Å². The molecule has 1 aliphatic heterocycles. The number of hydrogen-bond acceptors (Lipinski definition) is 2. The molecule has 1 fully saturated rings. The average Bonchev–Trinajstić information content (AvgIpc) is 1.62. The van der Waals surface area contributed by atoms with E-state index in [-0.39, 0.29) is 6.61 Å². The lowest BCUT2D eigenvalue weighted by atomic mass is 10.2. The van der Waals surface area contributed by atoms with Gasteiger partial charge in [-0.25, -0.2) is 0 Å². The van der Waals surface area contributed by atoms with E-state index in [1.54, 1.807) is 0 Å². The molecule has 0 saturated carbocycles. The molecule has 1 N–H and O–H groups in total. The lowest BCUT2D eigenvalue weighted by Crippen LogP contribution is -2.36. The highest BCUT2D eigenvalue weighted by atomic mass is 16.3. The Morgan fingerprint density at radius 2 is 2.25 bits per heavy atom. The summed E-state index contributed by atoms with van der Waals surface area (Å²) in [6, 6.07) is 0. The smallest absolute Gasteiger partial charge is 0.0823 e. The maximum absolute atomic E-state index is 8.53. The topological polar surface area (TPSA) is 23.5 Å². The van der Waals surface area contributed by atoms with Crippen LogP contribution in [0, 0.1) is 0 Å². The predicted molar refractivity (Wildman–Crippen MR) is 32.4 cm³/mol. The third-order valence-electron chi connectivity index (χ3n) is 1.49. The Bertz CT molecular complexity index is 96.7. The zero-order valence-electron chi connectivity index (χ0n) is 4.93. The van der Waals surface area contributed by atoms with Gasteiger partial charge in [0.05, 0.1) is 6.61 Å². The van der Waals surface area contributed by atoms with Crippen LogP contribution >= 0.6 is 0 Å². The number of aliphatic hydroxyl groups is 1. The number of hydrogen-bond donors (Lipinski definition) is 1. The molecule has 1 rings (SSSR count). The molecule has 1 saturated heterocycles. The van der Waals surface area contributed by atoms with Crippen LogP contribution in [0.4, 0.5) is 0 Å². The Morgan fingerprint density at radius 3 is 2.38 bits per heavy atom. The highest BCUT2D eigenvalue weighted by molar-refractivity contribution is 4.96. The third-order valence-corrected chi connectivity index (χ3v) is 1.49. The Hall–Kier alpha value is -0.500. The molecule has 8 heavy (non-hydrogen) atoms. The van der Waals surface area contributed by atoms with Crippen molar-refractivity contribution in [3.8, 4) is 0 Å². The van der Waals surface area contributed by atoms with E-state index in [1.165, 1.54) is 6.42 Å². The van der Waals surface area contributed by atoms with Crippen molar-refractivity contribution < 1.29 is 5.11 Å². The summed E-state index contributed by atoms with van der Waals surface area (Å²) in [5, 5.41) is 8.53. The fraction of sp³-hybridized carbons (Fsp3) is 0.667. The lowest BCUT2D eigenvalue weighted by Gasteiger charge is -2.33. The van der Waals surface area contributed by atoms with Crippen molar-refractivity contribution in [2.75, 3.05) is 19.7 Å². The van der Waals surface area contributed by atoms with E-state index in [0.29, 0.717) is 0 Å². The Morgan fingerprint density at radius 1 is 1.62 bits per heavy atom. The second kappa shape index (κ2) is 2.18. The van der Waals surface area contributed by atoms with Crippen molar-refractivity contribution in [3.05, 3.63) is 12.3 Å². The molecule has 46 valence electrons. The molecule has 1 heterocycles. The quantitative estimate of drug-likeness (QED) is 0.553. The number of aliphatic hydroxyl groups excluding tert-OH is 1. The summed E-state index contributed by atoms with van der Waals surface area (Å²) in [6.45, 7) is 5.95. The summed E-state index contributed by atoms with van der Waals surface area (Å²) in [6.07, 6.45) is 1.25. The molecule has 0 aromatic carbocycles. The average molecular weight is 113 g/mol. The predicted octanol–water partition coefficient (Wildman–Crippen LogP) is 0.198. The second-order valence-corrected chi connectivity index (χ2v) is 2.06. The largest absolute Gasteiger partial charge is 0.390 e. The summed E-state index contributed by atoms with van der Waals surface area (Å²) in [7, 11) is 0. The molecule has 0 aromatic heterocycles. The summed E-state index contributed by atoms with van der Waals surface area (Å²) in [5.74, 6) is 0. The minimum Gasteiger partial charge on any atom is -0.390 e. The van der Waals surface area contributed by atoms with E-state index in [4.69, 9.17) is 5.11 Å². The normalized spacial score (nSPS) is 17.9. The standard InChI is InChI=1S/C6H11NO/c1-6(5-8)7-3-2-4-7/h8H,1-5H2. The van der Waals surface area contributed by atoms with Gasteiger partial charge in [0, 0.05) is 18.8 Å². The van der Waals surface area contributed by atoms with Gasteiger partial charge in [0.1, 0.15) is 0 Å². The molecule has 2 nitrogen and oxygen atoms in total. The molecular weight excluding hydrogens is 102 g/mol. The molecule has 2 heteroatoms. The molecular formula is C6H11NO. The first-order valence-corrected chi connectivity index (χ1v) is 2.88. The maximum atomic E-state index is 8.53. The van der Waals surface area contributed by atoms with Gasteiger partial charge in [-0.2, -0.15) is 0 Å².